The lowest BCUT2D eigenvalue weighted by molar-refractivity contribution is 0.0696. The zero-order valence-corrected chi connectivity index (χ0v) is 11.4. The van der Waals surface area contributed by atoms with Crippen molar-refractivity contribution >= 4 is 11.7 Å². The van der Waals surface area contributed by atoms with E-state index in [9.17, 15) is 9.18 Å². The number of nitrogens with zero attached hydrogens (tertiary/aromatic N) is 1. The molecule has 2 aromatic carbocycles. The molecule has 0 aliphatic heterocycles. The Morgan fingerprint density at radius 2 is 1.85 bits per heavy atom. The first kappa shape index (κ1) is 14.1. The molecule has 0 atom stereocenters. The highest BCUT2D eigenvalue weighted by Gasteiger charge is 2.11. The van der Waals surface area contributed by atoms with Gasteiger partial charge in [-0.1, -0.05) is 29.8 Å². The van der Waals surface area contributed by atoms with E-state index >= 15 is 0 Å². The predicted octanol–water partition coefficient (Wildman–Crippen LogP) is 3.47. The first-order valence-electron chi connectivity index (χ1n) is 6.27. The van der Waals surface area contributed by atoms with Crippen LogP contribution in [-0.2, 0) is 6.54 Å². The highest BCUT2D eigenvalue weighted by Crippen LogP contribution is 2.21. The third kappa shape index (κ3) is 3.15. The van der Waals surface area contributed by atoms with Gasteiger partial charge in [-0.25, -0.2) is 9.18 Å². The minimum atomic E-state index is -1.13. The summed E-state index contributed by atoms with van der Waals surface area (Å²) < 4.78 is 13.9. The first-order chi connectivity index (χ1) is 9.47. The molecule has 0 aromatic heterocycles. The molecular weight excluding hydrogens is 257 g/mol. The Labute approximate surface area is 117 Å². The van der Waals surface area contributed by atoms with E-state index in [1.165, 1.54) is 17.7 Å². The number of carbonyl (C=O) groups is 1. The van der Waals surface area contributed by atoms with Gasteiger partial charge in [-0.2, -0.15) is 0 Å². The van der Waals surface area contributed by atoms with Crippen molar-refractivity contribution in [1.82, 2.24) is 0 Å². The van der Waals surface area contributed by atoms with Gasteiger partial charge in [0.15, 0.2) is 0 Å². The number of aromatic carboxylic acids is 1. The van der Waals surface area contributed by atoms with Crippen LogP contribution < -0.4 is 4.90 Å². The summed E-state index contributed by atoms with van der Waals surface area (Å²) in [5.41, 5.74) is 2.58. The van der Waals surface area contributed by atoms with Crippen LogP contribution in [0.4, 0.5) is 10.1 Å². The molecule has 0 spiro atoms. The number of anilines is 1. The van der Waals surface area contributed by atoms with Crippen LogP contribution in [0.2, 0.25) is 0 Å². The number of carboxylic acids is 1. The Morgan fingerprint density at radius 1 is 1.20 bits per heavy atom. The summed E-state index contributed by atoms with van der Waals surface area (Å²) in [7, 11) is 1.78. The average molecular weight is 273 g/mol. The molecule has 2 rings (SSSR count). The van der Waals surface area contributed by atoms with Gasteiger partial charge in [0.2, 0.25) is 0 Å². The molecule has 0 unspecified atom stereocenters. The molecule has 4 heteroatoms. The molecule has 0 aliphatic rings. The number of rotatable bonds is 4. The third-order valence-electron chi connectivity index (χ3n) is 3.15. The second-order valence-electron chi connectivity index (χ2n) is 4.81. The quantitative estimate of drug-likeness (QED) is 0.927. The third-order valence-corrected chi connectivity index (χ3v) is 3.15. The fourth-order valence-corrected chi connectivity index (χ4v) is 2.00. The Hall–Kier alpha value is -2.36. The molecule has 0 bridgehead atoms. The SMILES string of the molecule is Cc1ccc(CN(C)c2ccc(C(=O)O)cc2F)cc1. The molecular formula is C16H16FNO2. The lowest BCUT2D eigenvalue weighted by Crippen LogP contribution is -2.18. The number of hydrogen-bond donors (Lipinski definition) is 1. The largest absolute Gasteiger partial charge is 0.478 e. The maximum absolute atomic E-state index is 13.9. The van der Waals surface area contributed by atoms with E-state index in [0.717, 1.165) is 11.6 Å². The lowest BCUT2D eigenvalue weighted by Gasteiger charge is -2.20. The highest BCUT2D eigenvalue weighted by molar-refractivity contribution is 5.88. The van der Waals surface area contributed by atoms with E-state index in [0.29, 0.717) is 12.2 Å². The van der Waals surface area contributed by atoms with Gasteiger partial charge >= 0.3 is 5.97 Å². The number of aryl methyl sites for hydroxylation is 1. The van der Waals surface area contributed by atoms with Crippen LogP contribution >= 0.6 is 0 Å². The number of carboxylic acid groups (broad SMARTS) is 1. The van der Waals surface area contributed by atoms with E-state index in [2.05, 4.69) is 0 Å². The van der Waals surface area contributed by atoms with Crippen molar-refractivity contribution in [2.45, 2.75) is 13.5 Å². The summed E-state index contributed by atoms with van der Waals surface area (Å²) in [4.78, 5) is 12.5. The Kier molecular flexibility index (Phi) is 4.03. The van der Waals surface area contributed by atoms with Crippen molar-refractivity contribution < 1.29 is 14.3 Å². The van der Waals surface area contributed by atoms with Gasteiger partial charge in [-0.3, -0.25) is 0 Å². The molecule has 20 heavy (non-hydrogen) atoms. The van der Waals surface area contributed by atoms with E-state index in [1.54, 1.807) is 11.9 Å². The summed E-state index contributed by atoms with van der Waals surface area (Å²) in [6.07, 6.45) is 0. The standard InChI is InChI=1S/C16H16FNO2/c1-11-3-5-12(6-4-11)10-18(2)15-8-7-13(16(19)20)9-14(15)17/h3-9H,10H2,1-2H3,(H,19,20). The zero-order chi connectivity index (χ0) is 14.7. The van der Waals surface area contributed by atoms with Gasteiger partial charge in [0.1, 0.15) is 5.82 Å². The van der Waals surface area contributed by atoms with Gasteiger partial charge in [-0.15, -0.1) is 0 Å². The minimum absolute atomic E-state index is 0.0463. The number of hydrogen-bond acceptors (Lipinski definition) is 2. The van der Waals surface area contributed by atoms with Crippen LogP contribution in [0.3, 0.4) is 0 Å². The van der Waals surface area contributed by atoms with Crippen LogP contribution in [0.15, 0.2) is 42.5 Å². The predicted molar refractivity (Wildman–Crippen MR) is 76.6 cm³/mol. The molecule has 0 fully saturated rings. The molecule has 0 aliphatic carbocycles. The number of halogens is 1. The fourth-order valence-electron chi connectivity index (χ4n) is 2.00. The minimum Gasteiger partial charge on any atom is -0.478 e. The van der Waals surface area contributed by atoms with Crippen molar-refractivity contribution in [3.63, 3.8) is 0 Å². The molecule has 0 heterocycles. The zero-order valence-electron chi connectivity index (χ0n) is 11.4. The molecule has 0 saturated heterocycles. The van der Waals surface area contributed by atoms with Crippen molar-refractivity contribution in [2.24, 2.45) is 0 Å². The summed E-state index contributed by atoms with van der Waals surface area (Å²) >= 11 is 0. The fraction of sp³-hybridized carbons (Fsp3) is 0.188. The van der Waals surface area contributed by atoms with Crippen LogP contribution in [0.5, 0.6) is 0 Å². The monoisotopic (exact) mass is 273 g/mol. The van der Waals surface area contributed by atoms with Crippen LogP contribution in [-0.4, -0.2) is 18.1 Å². The molecule has 0 amide bonds. The second kappa shape index (κ2) is 5.74. The van der Waals surface area contributed by atoms with Gasteiger partial charge in [0, 0.05) is 13.6 Å². The maximum atomic E-state index is 13.9. The Bertz CT molecular complexity index is 623. The van der Waals surface area contributed by atoms with E-state index < -0.39 is 11.8 Å². The molecule has 0 radical (unpaired) electrons. The Morgan fingerprint density at radius 3 is 2.40 bits per heavy atom. The van der Waals surface area contributed by atoms with Crippen LogP contribution in [0.1, 0.15) is 21.5 Å². The van der Waals surface area contributed by atoms with E-state index in [-0.39, 0.29) is 5.56 Å². The molecule has 3 nitrogen and oxygen atoms in total. The Balaban J connectivity index is 2.18. The van der Waals surface area contributed by atoms with Gasteiger partial charge in [0.05, 0.1) is 11.3 Å². The van der Waals surface area contributed by atoms with Gasteiger partial charge < -0.3 is 10.0 Å². The molecule has 104 valence electrons. The average Bonchev–Trinajstić information content (AvgIpc) is 2.41. The van der Waals surface area contributed by atoms with Gasteiger partial charge in [0.25, 0.3) is 0 Å². The summed E-state index contributed by atoms with van der Waals surface area (Å²) in [6.45, 7) is 2.57. The van der Waals surface area contributed by atoms with E-state index in [4.69, 9.17) is 5.11 Å². The topological polar surface area (TPSA) is 40.5 Å². The molecule has 1 N–H and O–H groups in total. The van der Waals surface area contributed by atoms with Crippen molar-refractivity contribution in [3.8, 4) is 0 Å². The molecule has 2 aromatic rings. The summed E-state index contributed by atoms with van der Waals surface area (Å²) in [5, 5.41) is 8.82. The van der Waals surface area contributed by atoms with Crippen LogP contribution in [0, 0.1) is 12.7 Å². The van der Waals surface area contributed by atoms with Crippen molar-refractivity contribution in [2.75, 3.05) is 11.9 Å². The number of benzene rings is 2. The van der Waals surface area contributed by atoms with Crippen molar-refractivity contribution in [3.05, 3.63) is 65.0 Å². The van der Waals surface area contributed by atoms with Crippen molar-refractivity contribution in [1.29, 1.82) is 0 Å². The smallest absolute Gasteiger partial charge is 0.335 e. The summed E-state index contributed by atoms with van der Waals surface area (Å²) in [6, 6.07) is 12.0. The van der Waals surface area contributed by atoms with E-state index in [1.807, 2.05) is 31.2 Å². The van der Waals surface area contributed by atoms with Gasteiger partial charge in [-0.05, 0) is 30.7 Å². The highest BCUT2D eigenvalue weighted by atomic mass is 19.1. The normalized spacial score (nSPS) is 10.3. The van der Waals surface area contributed by atoms with Crippen LogP contribution in [0.25, 0.3) is 0 Å². The first-order valence-corrected chi connectivity index (χ1v) is 6.27. The maximum Gasteiger partial charge on any atom is 0.335 e. The summed E-state index contributed by atoms with van der Waals surface area (Å²) in [5.74, 6) is -1.66. The second-order valence-corrected chi connectivity index (χ2v) is 4.81. The lowest BCUT2D eigenvalue weighted by atomic mass is 10.1. The molecule has 0 saturated carbocycles.